The molecule has 1 aliphatic heterocycles. The fourth-order valence-corrected chi connectivity index (χ4v) is 11.8. The van der Waals surface area contributed by atoms with E-state index in [1.165, 1.54) is 18.3 Å². The Morgan fingerprint density at radius 1 is 0.649 bits per heavy atom. The number of Topliss-reactive ketones (excluding diaryl/α,β-unsaturated/α-hetero) is 3. The number of aromatic nitrogens is 1. The summed E-state index contributed by atoms with van der Waals surface area (Å²) < 4.78 is 119. The maximum absolute atomic E-state index is 14.8. The van der Waals surface area contributed by atoms with Crippen LogP contribution in [-0.2, 0) is 95.8 Å². The van der Waals surface area contributed by atoms with Crippen molar-refractivity contribution >= 4 is 118 Å². The van der Waals surface area contributed by atoms with Gasteiger partial charge in [0.1, 0.15) is 56.5 Å². The van der Waals surface area contributed by atoms with E-state index in [0.717, 1.165) is 6.92 Å². The molecule has 1 saturated heterocycles. The molecule has 0 spiro atoms. The standard InChI is InChI=1S/C66H97ClN14O19S2.4Na.2O3S/c1-7-39(3)47-34-57(86)53(29-41-13-10-9-11-14-41)79-64(92)48(19-23-68-5)77-63(91)51(22-28-74-66(94)58(40(4)83)81-65(93)50(21-26-72-38-102(98,99)100)78-62(90)49(76-61(47)89)20-25-70-8-2)75-60(88)45(35-69-6)33-56(85)54(36-82)80-59(87)44(17-24-71-37-101(95,96)97)32-55(84)43-18-27-73-52(31-43)42-15-12-16-46(67)30-42;;;;;2*1-4(2)3/h9-16,18,27,30-31,39-40,44-45,47-51,53-54,58,68-72,82-83H,5-8,17,19-26,28-29,32-38H2,1-4H3,(H,74,94)(H,75,88)(H,76,89)(H,77,91)(H,78,90)(H,79,92)(H,80,87)(H,81,93)(H,95,96,97)(H,98,99,100);;;;;;/q-2;4*+1;;/p-2/t39-,40+,44+,45-,47-,48-,49-,50-,51-,53+,54-,58-;;;;;;/m0....../s1. The van der Waals surface area contributed by atoms with E-state index in [1.807, 2.05) is 0 Å². The van der Waals surface area contributed by atoms with Crippen LogP contribution in [0.2, 0.25) is 5.02 Å². The number of rotatable bonds is 36. The van der Waals surface area contributed by atoms with Crippen molar-refractivity contribution in [3.05, 3.63) is 103 Å². The van der Waals surface area contributed by atoms with Gasteiger partial charge in [0, 0.05) is 60.0 Å². The first-order valence-electron chi connectivity index (χ1n) is 34.3. The van der Waals surface area contributed by atoms with E-state index in [2.05, 4.69) is 88.2 Å². The predicted molar refractivity (Wildman–Crippen MR) is 391 cm³/mol. The zero-order valence-corrected chi connectivity index (χ0v) is 76.7. The van der Waals surface area contributed by atoms with Crippen LogP contribution < -0.4 is 187 Å². The number of nitrogens with one attached hydrogen (secondary N) is 13. The molecule has 0 radical (unpaired) electrons. The van der Waals surface area contributed by atoms with Crippen molar-refractivity contribution in [2.45, 2.75) is 140 Å². The first kappa shape index (κ1) is 114. The van der Waals surface area contributed by atoms with Crippen LogP contribution in [0.15, 0.2) is 72.9 Å². The molecule has 15 N–H and O–H groups in total. The molecule has 39 nitrogen and oxygen atoms in total. The van der Waals surface area contributed by atoms with Crippen LogP contribution in [0.5, 0.6) is 0 Å². The van der Waals surface area contributed by atoms with Gasteiger partial charge in [-0.1, -0.05) is 81.3 Å². The third kappa shape index (κ3) is 46.7. The van der Waals surface area contributed by atoms with Crippen LogP contribution in [0.25, 0.3) is 11.3 Å². The second kappa shape index (κ2) is 60.8. The van der Waals surface area contributed by atoms with Crippen LogP contribution in [0.3, 0.4) is 0 Å². The Balaban J connectivity index is -0.00000977. The molecule has 1 aliphatic rings. The van der Waals surface area contributed by atoms with Gasteiger partial charge in [-0.2, -0.15) is 0 Å². The second-order valence-corrected chi connectivity index (χ2v) is 29.2. The van der Waals surface area contributed by atoms with Crippen molar-refractivity contribution in [3.63, 3.8) is 0 Å². The number of halogens is 1. The van der Waals surface area contributed by atoms with Crippen LogP contribution in [0.1, 0.15) is 101 Å². The number of carbonyl (C=O) groups is 11. The van der Waals surface area contributed by atoms with E-state index in [4.69, 9.17) is 36.9 Å². The molecule has 2 heterocycles. The Kier molecular flexibility index (Phi) is 60.6. The van der Waals surface area contributed by atoms with Gasteiger partial charge in [0.15, 0.2) is 17.3 Å². The number of amides is 8. The number of benzene rings is 2. The number of nitrogens with zero attached hydrogens (tertiary/aromatic N) is 1. The first-order chi connectivity index (χ1) is 51.8. The first-order valence-corrected chi connectivity index (χ1v) is 39.9. The Hall–Kier alpha value is -4.57. The van der Waals surface area contributed by atoms with Crippen molar-refractivity contribution in [3.8, 4) is 11.3 Å². The summed E-state index contributed by atoms with van der Waals surface area (Å²) in [5.74, 6) is -16.7. The van der Waals surface area contributed by atoms with Crippen molar-refractivity contribution < 1.29 is 232 Å². The van der Waals surface area contributed by atoms with Crippen molar-refractivity contribution in [1.29, 1.82) is 0 Å². The van der Waals surface area contributed by atoms with E-state index in [-0.39, 0.29) is 169 Å². The number of carbonyl (C=O) groups excluding carboxylic acids is 11. The van der Waals surface area contributed by atoms with Gasteiger partial charge in [-0.05, 0) is 120 Å². The Morgan fingerprint density at radius 3 is 1.71 bits per heavy atom. The SMILES string of the molecule is O=S(=O)=O.O=S(=O)=O.[CH2-]NCC[C@@H]1NC(=O)[C@@H](NC(=O)[C@H](CN[CH2-])CC(=O)[C@H](CO)NC(=O)[C@H](CCNCS(=O)(=O)[O-])CC(=O)c2ccnc(-c3cccc(Cl)c3)c2)CCNC(=O)[C@H]([C@@H](C)O)NC(=O)[C@H](CCNCS(=O)(=O)[O-])NC(=O)[C@H](CCNCC)NC(=O)[C@H]([C@@H](C)CC)CC(=O)[C@@H](Cc2ccccc2)NC1=O.[Na+].[Na+].[Na+].[Na+]. The van der Waals surface area contributed by atoms with E-state index in [9.17, 15) is 88.9 Å². The fraction of sp³-hybridized carbons (Fsp3) is 0.545. The minimum Gasteiger partial charge on any atom is -0.747 e. The largest absolute Gasteiger partial charge is 1.00 e. The maximum Gasteiger partial charge on any atom is 1.00 e. The average Bonchev–Trinajstić information content (AvgIpc) is 0.868. The summed E-state index contributed by atoms with van der Waals surface area (Å²) in [7, 11) is -8.64. The summed E-state index contributed by atoms with van der Waals surface area (Å²) in [6.45, 7) is 4.21. The molecule has 0 aliphatic carbocycles. The van der Waals surface area contributed by atoms with E-state index in [1.54, 1.807) is 75.4 Å². The molecule has 2 aromatic carbocycles. The molecule has 0 unspecified atom stereocenters. The molecule has 3 aromatic rings. The molecular formula is C66H95ClN14Na4O25S4. The average molecular weight is 1740 g/mol. The van der Waals surface area contributed by atoms with Crippen molar-refractivity contribution in [2.75, 3.05) is 64.2 Å². The summed E-state index contributed by atoms with van der Waals surface area (Å²) in [4.78, 5) is 163. The Morgan fingerprint density at radius 2 is 1.18 bits per heavy atom. The summed E-state index contributed by atoms with van der Waals surface area (Å²) in [6, 6.07) is 6.63. The van der Waals surface area contributed by atoms with Gasteiger partial charge in [-0.25, -0.2) is 16.8 Å². The molecule has 114 heavy (non-hydrogen) atoms. The van der Waals surface area contributed by atoms with Gasteiger partial charge in [0.25, 0.3) is 0 Å². The minimum atomic E-state index is -4.83. The third-order valence-electron chi connectivity index (χ3n) is 16.8. The molecule has 1 aromatic heterocycles. The smallest absolute Gasteiger partial charge is 0.747 e. The summed E-state index contributed by atoms with van der Waals surface area (Å²) in [5.41, 5.74) is 1.59. The number of pyridine rings is 1. The summed E-state index contributed by atoms with van der Waals surface area (Å²) in [5, 5.41) is 55.4. The van der Waals surface area contributed by atoms with Crippen molar-refractivity contribution in [1.82, 2.24) is 74.1 Å². The van der Waals surface area contributed by atoms with Gasteiger partial charge in [-0.3, -0.25) is 71.8 Å². The number of hydrogen-bond acceptors (Lipinski definition) is 31. The third-order valence-corrected chi connectivity index (χ3v) is 18.2. The van der Waals surface area contributed by atoms with Gasteiger partial charge < -0.3 is 88.4 Å². The second-order valence-electron chi connectivity index (χ2n) is 25.1. The maximum atomic E-state index is 14.8. The van der Waals surface area contributed by atoms with Crippen molar-refractivity contribution in [2.24, 2.45) is 23.7 Å². The van der Waals surface area contributed by atoms with Gasteiger partial charge in [-0.15, -0.1) is 25.3 Å². The molecule has 0 saturated carbocycles. The fourth-order valence-electron chi connectivity index (χ4n) is 10.9. The molecule has 0 bridgehead atoms. The van der Waals surface area contributed by atoms with Crippen LogP contribution >= 0.6 is 11.6 Å². The molecule has 48 heteroatoms. The molecule has 12 atom stereocenters. The zero-order valence-electron chi connectivity index (χ0n) is 64.7. The normalized spacial score (nSPS) is 19.3. The predicted octanol–water partition coefficient (Wildman–Crippen LogP) is -16.6. The molecular weight excluding hydrogens is 1640 g/mol. The number of ketones is 3. The molecule has 614 valence electrons. The number of aliphatic hydroxyl groups excluding tert-OH is 2. The van der Waals surface area contributed by atoms with Crippen LogP contribution in [0.4, 0.5) is 0 Å². The Bertz CT molecular complexity index is 4030. The quantitative estimate of drug-likeness (QED) is 0.00845. The number of aliphatic hydroxyl groups is 2. The Labute approximate surface area is 758 Å². The topological polar surface area (TPSA) is 614 Å². The molecule has 8 amide bonds. The van der Waals surface area contributed by atoms with Gasteiger partial charge >= 0.3 is 139 Å². The summed E-state index contributed by atoms with van der Waals surface area (Å²) >= 11 is 6.18. The minimum absolute atomic E-state index is 0. The van der Waals surface area contributed by atoms with E-state index in [0.29, 0.717) is 34.8 Å². The van der Waals surface area contributed by atoms with Crippen LogP contribution in [0, 0.1) is 37.8 Å². The van der Waals surface area contributed by atoms with E-state index >= 15 is 0 Å². The zero-order chi connectivity index (χ0) is 82.8. The van der Waals surface area contributed by atoms with Gasteiger partial charge in [0.05, 0.1) is 42.1 Å². The molecule has 4 rings (SSSR count). The van der Waals surface area contributed by atoms with Gasteiger partial charge in [0.2, 0.25) is 47.3 Å². The number of hydrogen-bond donors (Lipinski definition) is 15. The monoisotopic (exact) mass is 1740 g/mol. The summed E-state index contributed by atoms with van der Waals surface area (Å²) in [6.07, 6.45) is -3.52. The van der Waals surface area contributed by atoms with E-state index < -0.39 is 248 Å². The molecule has 1 fully saturated rings. The van der Waals surface area contributed by atoms with Crippen LogP contribution in [-0.4, -0.2) is 244 Å².